The van der Waals surface area contributed by atoms with Gasteiger partial charge in [0.15, 0.2) is 5.65 Å². The first-order valence-corrected chi connectivity index (χ1v) is 5.36. The quantitative estimate of drug-likeness (QED) is 0.675. The van der Waals surface area contributed by atoms with Crippen molar-refractivity contribution in [3.8, 4) is 0 Å². The van der Waals surface area contributed by atoms with Gasteiger partial charge in [0.2, 0.25) is 0 Å². The highest BCUT2D eigenvalue weighted by atomic mass is 35.5. The molecule has 2 nitrogen and oxygen atoms in total. The maximum absolute atomic E-state index is 6.06. The van der Waals surface area contributed by atoms with Crippen molar-refractivity contribution < 1.29 is 0 Å². The number of rotatable bonds is 0. The Morgan fingerprint density at radius 1 is 1.29 bits per heavy atom. The van der Waals surface area contributed by atoms with Crippen molar-refractivity contribution in [3.05, 3.63) is 33.7 Å². The Hall–Kier alpha value is -0.730. The van der Waals surface area contributed by atoms with Crippen molar-refractivity contribution in [1.82, 2.24) is 9.38 Å². The zero-order valence-corrected chi connectivity index (χ0v) is 8.94. The maximum atomic E-state index is 6.06. The van der Waals surface area contributed by atoms with E-state index in [1.165, 1.54) is 17.8 Å². The van der Waals surface area contributed by atoms with Crippen molar-refractivity contribution in [2.24, 2.45) is 0 Å². The number of hydrogen-bond donors (Lipinski definition) is 0. The lowest BCUT2D eigenvalue weighted by Crippen LogP contribution is -1.90. The van der Waals surface area contributed by atoms with Crippen LogP contribution in [0.2, 0.25) is 10.0 Å². The Labute approximate surface area is 91.5 Å². The topological polar surface area (TPSA) is 17.3 Å². The van der Waals surface area contributed by atoms with Crippen molar-refractivity contribution in [2.75, 3.05) is 0 Å². The number of halogens is 2. The van der Waals surface area contributed by atoms with Gasteiger partial charge in [0, 0.05) is 11.9 Å². The van der Waals surface area contributed by atoms with Gasteiger partial charge in [-0.1, -0.05) is 23.2 Å². The molecule has 3 rings (SSSR count). The highest BCUT2D eigenvalue weighted by Gasteiger charge is 2.19. The van der Waals surface area contributed by atoms with Crippen LogP contribution in [0, 0.1) is 0 Å². The van der Waals surface area contributed by atoms with E-state index in [0.717, 1.165) is 18.5 Å². The number of aryl methyl sites for hydroxylation is 2. The second-order valence-corrected chi connectivity index (χ2v) is 4.40. The number of aromatic nitrogens is 2. The fourth-order valence-corrected chi connectivity index (χ4v) is 2.57. The van der Waals surface area contributed by atoms with Gasteiger partial charge in [-0.25, -0.2) is 4.98 Å². The molecule has 0 aliphatic heterocycles. The van der Waals surface area contributed by atoms with Gasteiger partial charge in [0.05, 0.1) is 15.7 Å². The Morgan fingerprint density at radius 2 is 2.14 bits per heavy atom. The molecule has 72 valence electrons. The summed E-state index contributed by atoms with van der Waals surface area (Å²) in [5.41, 5.74) is 3.28. The number of imidazole rings is 1. The largest absolute Gasteiger partial charge is 0.301 e. The van der Waals surface area contributed by atoms with Crippen LogP contribution in [0.4, 0.5) is 0 Å². The molecule has 0 spiro atoms. The molecule has 0 N–H and O–H groups in total. The molecule has 0 radical (unpaired) electrons. The van der Waals surface area contributed by atoms with E-state index in [0.29, 0.717) is 10.0 Å². The number of fused-ring (bicyclic) bond motifs is 3. The predicted octanol–water partition coefficient (Wildman–Crippen LogP) is 3.13. The highest BCUT2D eigenvalue weighted by Crippen LogP contribution is 2.28. The van der Waals surface area contributed by atoms with Gasteiger partial charge < -0.3 is 4.40 Å². The fraction of sp³-hybridized carbons (Fsp3) is 0.300. The Bertz CT molecular complexity index is 516. The molecule has 0 saturated carbocycles. The molecule has 0 amide bonds. The first-order valence-electron chi connectivity index (χ1n) is 4.60. The van der Waals surface area contributed by atoms with E-state index < -0.39 is 0 Å². The molecule has 2 heterocycles. The summed E-state index contributed by atoms with van der Waals surface area (Å²) in [4.78, 5) is 4.51. The van der Waals surface area contributed by atoms with Crippen molar-refractivity contribution in [1.29, 1.82) is 0 Å². The van der Waals surface area contributed by atoms with E-state index >= 15 is 0 Å². The van der Waals surface area contributed by atoms with Crippen LogP contribution in [-0.4, -0.2) is 9.38 Å². The molecule has 4 heteroatoms. The molecule has 0 atom stereocenters. The average molecular weight is 227 g/mol. The van der Waals surface area contributed by atoms with Gasteiger partial charge in [0.1, 0.15) is 0 Å². The molecule has 1 aliphatic rings. The van der Waals surface area contributed by atoms with Crippen LogP contribution in [0.3, 0.4) is 0 Å². The van der Waals surface area contributed by atoms with Crippen molar-refractivity contribution in [2.45, 2.75) is 19.3 Å². The molecule has 1 aliphatic carbocycles. The van der Waals surface area contributed by atoms with Gasteiger partial charge in [-0.3, -0.25) is 0 Å². The standard InChI is InChI=1S/C10H8Cl2N2/c11-6-4-7(12)10-13-8-2-1-3-9(8)14(10)5-6/h4-5H,1-3H2. The van der Waals surface area contributed by atoms with Crippen LogP contribution in [0.15, 0.2) is 12.3 Å². The van der Waals surface area contributed by atoms with Gasteiger partial charge >= 0.3 is 0 Å². The van der Waals surface area contributed by atoms with Crippen molar-refractivity contribution >= 4 is 28.8 Å². The zero-order valence-electron chi connectivity index (χ0n) is 7.43. The lowest BCUT2D eigenvalue weighted by Gasteiger charge is -2.00. The first-order chi connectivity index (χ1) is 6.75. The minimum absolute atomic E-state index is 0.631. The lowest BCUT2D eigenvalue weighted by atomic mass is 10.3. The molecule has 0 saturated heterocycles. The van der Waals surface area contributed by atoms with Crippen molar-refractivity contribution in [3.63, 3.8) is 0 Å². The van der Waals surface area contributed by atoms with Gasteiger partial charge in [-0.15, -0.1) is 0 Å². The number of hydrogen-bond acceptors (Lipinski definition) is 1. The monoisotopic (exact) mass is 226 g/mol. The van der Waals surface area contributed by atoms with E-state index in [2.05, 4.69) is 4.98 Å². The first kappa shape index (κ1) is 8.57. The lowest BCUT2D eigenvalue weighted by molar-refractivity contribution is 0.869. The summed E-state index contributed by atoms with van der Waals surface area (Å²) in [6.45, 7) is 0. The molecule has 0 aromatic carbocycles. The molecule has 0 fully saturated rings. The fourth-order valence-electron chi connectivity index (χ4n) is 2.06. The molecule has 14 heavy (non-hydrogen) atoms. The number of nitrogens with zero attached hydrogens (tertiary/aromatic N) is 2. The average Bonchev–Trinajstić information content (AvgIpc) is 2.65. The van der Waals surface area contributed by atoms with Crippen LogP contribution in [0.1, 0.15) is 17.8 Å². The summed E-state index contributed by atoms with van der Waals surface area (Å²) >= 11 is 12.0. The normalized spacial score (nSPS) is 15.0. The van der Waals surface area contributed by atoms with E-state index in [1.54, 1.807) is 6.07 Å². The van der Waals surface area contributed by atoms with E-state index in [-0.39, 0.29) is 0 Å². The summed E-state index contributed by atoms with van der Waals surface area (Å²) in [7, 11) is 0. The van der Waals surface area contributed by atoms with Gasteiger partial charge in [0.25, 0.3) is 0 Å². The highest BCUT2D eigenvalue weighted by molar-refractivity contribution is 6.36. The molecular formula is C10H8Cl2N2. The van der Waals surface area contributed by atoms with Crippen LogP contribution in [0.25, 0.3) is 5.65 Å². The SMILES string of the molecule is Clc1cc(Cl)c2nc3c(n2c1)CCC3. The van der Waals surface area contributed by atoms with Crippen LogP contribution in [-0.2, 0) is 12.8 Å². The van der Waals surface area contributed by atoms with E-state index in [1.807, 2.05) is 10.6 Å². The number of pyridine rings is 1. The summed E-state index contributed by atoms with van der Waals surface area (Å²) in [6.07, 6.45) is 5.21. The summed E-state index contributed by atoms with van der Waals surface area (Å²) in [5.74, 6) is 0. The van der Waals surface area contributed by atoms with Crippen LogP contribution in [0.5, 0.6) is 0 Å². The Kier molecular flexibility index (Phi) is 1.76. The van der Waals surface area contributed by atoms with Gasteiger partial charge in [-0.05, 0) is 25.3 Å². The summed E-state index contributed by atoms with van der Waals surface area (Å²) < 4.78 is 2.02. The molecular weight excluding hydrogens is 219 g/mol. The third-order valence-corrected chi connectivity index (χ3v) is 3.14. The second-order valence-electron chi connectivity index (χ2n) is 3.56. The third-order valence-electron chi connectivity index (χ3n) is 2.65. The smallest absolute Gasteiger partial charge is 0.156 e. The second kappa shape index (κ2) is 2.88. The molecule has 0 unspecified atom stereocenters. The zero-order chi connectivity index (χ0) is 9.71. The van der Waals surface area contributed by atoms with E-state index in [4.69, 9.17) is 23.2 Å². The van der Waals surface area contributed by atoms with Crippen LogP contribution < -0.4 is 0 Å². The molecule has 2 aromatic heterocycles. The molecule has 2 aromatic rings. The summed E-state index contributed by atoms with van der Waals surface area (Å²) in [5, 5.41) is 1.29. The van der Waals surface area contributed by atoms with Gasteiger partial charge in [-0.2, -0.15) is 0 Å². The summed E-state index contributed by atoms with van der Waals surface area (Å²) in [6, 6.07) is 1.74. The predicted molar refractivity (Wildman–Crippen MR) is 57.2 cm³/mol. The maximum Gasteiger partial charge on any atom is 0.156 e. The Balaban J connectivity index is 2.43. The minimum Gasteiger partial charge on any atom is -0.301 e. The van der Waals surface area contributed by atoms with Crippen LogP contribution >= 0.6 is 23.2 Å². The molecule has 0 bridgehead atoms. The van der Waals surface area contributed by atoms with E-state index in [9.17, 15) is 0 Å². The third kappa shape index (κ3) is 1.07. The Morgan fingerprint density at radius 3 is 3.00 bits per heavy atom. The minimum atomic E-state index is 0.631.